The standard InChI is InChI=1S/C17H27ClN2O/c1-19-10-7-14(8-11-19)13-20(2)12-9-17(21)15-5-3-4-6-16(15)18/h3-6,14,17,21H,7-13H2,1-2H3. The minimum Gasteiger partial charge on any atom is -0.388 e. The van der Waals surface area contributed by atoms with Gasteiger partial charge in [0, 0.05) is 18.1 Å². The Hall–Kier alpha value is -0.610. The maximum absolute atomic E-state index is 10.3. The van der Waals surface area contributed by atoms with Crippen LogP contribution in [0.25, 0.3) is 0 Å². The van der Waals surface area contributed by atoms with Gasteiger partial charge < -0.3 is 14.9 Å². The number of likely N-dealkylation sites (tertiary alicyclic amines) is 1. The van der Waals surface area contributed by atoms with Crippen molar-refractivity contribution in [3.63, 3.8) is 0 Å². The summed E-state index contributed by atoms with van der Waals surface area (Å²) in [5, 5.41) is 10.9. The molecule has 1 aromatic rings. The Bertz CT molecular complexity index is 433. The molecule has 1 N–H and O–H groups in total. The number of benzene rings is 1. The van der Waals surface area contributed by atoms with E-state index in [1.54, 1.807) is 0 Å². The Kier molecular flexibility index (Phi) is 6.49. The molecule has 0 spiro atoms. The molecule has 1 heterocycles. The molecule has 0 radical (unpaired) electrons. The summed E-state index contributed by atoms with van der Waals surface area (Å²) in [4.78, 5) is 4.74. The van der Waals surface area contributed by atoms with Crippen molar-refractivity contribution in [2.45, 2.75) is 25.4 Å². The van der Waals surface area contributed by atoms with Crippen LogP contribution in [0.3, 0.4) is 0 Å². The molecule has 0 aromatic heterocycles. The zero-order valence-electron chi connectivity index (χ0n) is 13.1. The summed E-state index contributed by atoms with van der Waals surface area (Å²) in [5.41, 5.74) is 0.840. The largest absolute Gasteiger partial charge is 0.388 e. The topological polar surface area (TPSA) is 26.7 Å². The number of aliphatic hydroxyl groups excluding tert-OH is 1. The van der Waals surface area contributed by atoms with Crippen LogP contribution in [0.5, 0.6) is 0 Å². The molecule has 0 bridgehead atoms. The zero-order valence-corrected chi connectivity index (χ0v) is 13.9. The van der Waals surface area contributed by atoms with Crippen LogP contribution in [0.2, 0.25) is 5.02 Å². The molecule has 1 aliphatic rings. The number of aliphatic hydroxyl groups is 1. The highest BCUT2D eigenvalue weighted by Crippen LogP contribution is 2.25. The molecule has 1 unspecified atom stereocenters. The molecule has 118 valence electrons. The summed E-state index contributed by atoms with van der Waals surface area (Å²) in [6.45, 7) is 4.45. The van der Waals surface area contributed by atoms with E-state index in [2.05, 4.69) is 23.9 Å². The van der Waals surface area contributed by atoms with Gasteiger partial charge in [0.25, 0.3) is 0 Å². The van der Waals surface area contributed by atoms with Gasteiger partial charge >= 0.3 is 0 Å². The molecule has 0 amide bonds. The van der Waals surface area contributed by atoms with Gasteiger partial charge in [0.05, 0.1) is 6.10 Å². The molecule has 3 nitrogen and oxygen atoms in total. The maximum atomic E-state index is 10.3. The first-order valence-electron chi connectivity index (χ1n) is 7.86. The van der Waals surface area contributed by atoms with E-state index >= 15 is 0 Å². The van der Waals surface area contributed by atoms with Crippen LogP contribution in [0, 0.1) is 5.92 Å². The first-order valence-corrected chi connectivity index (χ1v) is 8.23. The number of nitrogens with zero attached hydrogens (tertiary/aromatic N) is 2. The van der Waals surface area contributed by atoms with E-state index in [-0.39, 0.29) is 0 Å². The fourth-order valence-electron chi connectivity index (χ4n) is 3.02. The summed E-state index contributed by atoms with van der Waals surface area (Å²) in [6, 6.07) is 7.56. The Balaban J connectivity index is 1.73. The third-order valence-electron chi connectivity index (χ3n) is 4.46. The summed E-state index contributed by atoms with van der Waals surface area (Å²) in [5.74, 6) is 0.795. The lowest BCUT2D eigenvalue weighted by atomic mass is 9.96. The minimum absolute atomic E-state index is 0.473. The van der Waals surface area contributed by atoms with Gasteiger partial charge in [0.15, 0.2) is 0 Å². The van der Waals surface area contributed by atoms with Crippen molar-refractivity contribution in [2.24, 2.45) is 5.92 Å². The van der Waals surface area contributed by atoms with Crippen molar-refractivity contribution in [2.75, 3.05) is 40.3 Å². The highest BCUT2D eigenvalue weighted by molar-refractivity contribution is 6.31. The number of hydrogen-bond donors (Lipinski definition) is 1. The molecular formula is C17H27ClN2O. The third-order valence-corrected chi connectivity index (χ3v) is 4.80. The molecule has 0 saturated carbocycles. The SMILES string of the molecule is CN1CCC(CN(C)CCC(O)c2ccccc2Cl)CC1. The Labute approximate surface area is 133 Å². The van der Waals surface area contributed by atoms with E-state index in [4.69, 9.17) is 11.6 Å². The predicted octanol–water partition coefficient (Wildman–Crippen LogP) is 3.04. The molecule has 21 heavy (non-hydrogen) atoms. The summed E-state index contributed by atoms with van der Waals surface area (Å²) >= 11 is 6.13. The Morgan fingerprint density at radius 3 is 2.67 bits per heavy atom. The van der Waals surface area contributed by atoms with Gasteiger partial charge in [0.1, 0.15) is 0 Å². The van der Waals surface area contributed by atoms with Gasteiger partial charge in [-0.2, -0.15) is 0 Å². The van der Waals surface area contributed by atoms with Gasteiger partial charge in [-0.3, -0.25) is 0 Å². The lowest BCUT2D eigenvalue weighted by molar-refractivity contribution is 0.133. The van der Waals surface area contributed by atoms with Crippen LogP contribution in [-0.4, -0.2) is 55.2 Å². The number of rotatable bonds is 6. The van der Waals surface area contributed by atoms with Crippen LogP contribution in [0.1, 0.15) is 30.9 Å². The van der Waals surface area contributed by atoms with Crippen LogP contribution in [0.15, 0.2) is 24.3 Å². The molecular weight excluding hydrogens is 284 g/mol. The fourth-order valence-corrected chi connectivity index (χ4v) is 3.28. The second-order valence-corrected chi connectivity index (χ2v) is 6.74. The average Bonchev–Trinajstić information content (AvgIpc) is 2.48. The maximum Gasteiger partial charge on any atom is 0.0816 e. The molecule has 1 saturated heterocycles. The van der Waals surface area contributed by atoms with Gasteiger partial charge in [0.2, 0.25) is 0 Å². The van der Waals surface area contributed by atoms with E-state index in [0.717, 1.165) is 31.0 Å². The summed E-state index contributed by atoms with van der Waals surface area (Å²) in [6.07, 6.45) is 2.83. The fraction of sp³-hybridized carbons (Fsp3) is 0.647. The predicted molar refractivity (Wildman–Crippen MR) is 88.7 cm³/mol. The molecule has 4 heteroatoms. The van der Waals surface area contributed by atoms with Crippen molar-refractivity contribution in [1.29, 1.82) is 0 Å². The second-order valence-electron chi connectivity index (χ2n) is 6.33. The van der Waals surface area contributed by atoms with E-state index in [1.165, 1.54) is 25.9 Å². The molecule has 1 fully saturated rings. The Morgan fingerprint density at radius 2 is 2.00 bits per heavy atom. The van der Waals surface area contributed by atoms with Crippen LogP contribution in [-0.2, 0) is 0 Å². The summed E-state index contributed by atoms with van der Waals surface area (Å²) in [7, 11) is 4.34. The van der Waals surface area contributed by atoms with E-state index < -0.39 is 6.10 Å². The number of hydrogen-bond acceptors (Lipinski definition) is 3. The van der Waals surface area contributed by atoms with Crippen molar-refractivity contribution in [1.82, 2.24) is 9.80 Å². The number of halogens is 1. The average molecular weight is 311 g/mol. The van der Waals surface area contributed by atoms with Crippen molar-refractivity contribution < 1.29 is 5.11 Å². The second kappa shape index (κ2) is 8.14. The van der Waals surface area contributed by atoms with Gasteiger partial charge in [-0.05, 0) is 64.0 Å². The molecule has 1 aliphatic heterocycles. The van der Waals surface area contributed by atoms with E-state index in [9.17, 15) is 5.11 Å². The first-order chi connectivity index (χ1) is 10.1. The zero-order chi connectivity index (χ0) is 15.2. The smallest absolute Gasteiger partial charge is 0.0816 e. The van der Waals surface area contributed by atoms with Crippen LogP contribution >= 0.6 is 11.6 Å². The quantitative estimate of drug-likeness (QED) is 0.875. The van der Waals surface area contributed by atoms with Gasteiger partial charge in [-0.15, -0.1) is 0 Å². The highest BCUT2D eigenvalue weighted by atomic mass is 35.5. The van der Waals surface area contributed by atoms with Gasteiger partial charge in [-0.1, -0.05) is 29.8 Å². The van der Waals surface area contributed by atoms with Crippen LogP contribution < -0.4 is 0 Å². The Morgan fingerprint density at radius 1 is 1.33 bits per heavy atom. The van der Waals surface area contributed by atoms with Gasteiger partial charge in [-0.25, -0.2) is 0 Å². The van der Waals surface area contributed by atoms with Crippen LogP contribution in [0.4, 0.5) is 0 Å². The van der Waals surface area contributed by atoms with Crippen molar-refractivity contribution >= 4 is 11.6 Å². The lowest BCUT2D eigenvalue weighted by Gasteiger charge is -2.32. The molecule has 1 aromatic carbocycles. The first kappa shape index (κ1) is 16.8. The molecule has 2 rings (SSSR count). The molecule has 0 aliphatic carbocycles. The minimum atomic E-state index is -0.473. The third kappa shape index (κ3) is 5.26. The number of piperidine rings is 1. The van der Waals surface area contributed by atoms with E-state index in [1.807, 2.05) is 24.3 Å². The monoisotopic (exact) mass is 310 g/mol. The highest BCUT2D eigenvalue weighted by Gasteiger charge is 2.19. The summed E-state index contributed by atoms with van der Waals surface area (Å²) < 4.78 is 0. The van der Waals surface area contributed by atoms with Crippen molar-refractivity contribution in [3.05, 3.63) is 34.9 Å². The normalized spacial score (nSPS) is 19.1. The molecule has 1 atom stereocenters. The van der Waals surface area contributed by atoms with E-state index in [0.29, 0.717) is 5.02 Å². The van der Waals surface area contributed by atoms with Crippen molar-refractivity contribution in [3.8, 4) is 0 Å². The lowest BCUT2D eigenvalue weighted by Crippen LogP contribution is -2.36.